The molecule has 0 fully saturated rings. The summed E-state index contributed by atoms with van der Waals surface area (Å²) in [5.41, 5.74) is 4.92. The molecule has 0 bridgehead atoms. The van der Waals surface area contributed by atoms with Gasteiger partial charge in [-0.3, -0.25) is 9.59 Å². The molecule has 86 valence electrons. The number of carbonyl (C=O) groups excluding carboxylic acids is 2. The van der Waals surface area contributed by atoms with E-state index in [0.29, 0.717) is 5.02 Å². The fraction of sp³-hybridized carbons (Fsp3) is 0.200. The predicted molar refractivity (Wildman–Crippen MR) is 57.5 cm³/mol. The molecule has 0 heterocycles. The minimum atomic E-state index is -0.622. The van der Waals surface area contributed by atoms with Crippen LogP contribution in [-0.4, -0.2) is 18.5 Å². The number of nitrogens with two attached hydrogens (primary N) is 1. The van der Waals surface area contributed by atoms with Gasteiger partial charge in [0.2, 0.25) is 0 Å². The van der Waals surface area contributed by atoms with Crippen molar-refractivity contribution in [3.63, 3.8) is 0 Å². The zero-order valence-electron chi connectivity index (χ0n) is 8.53. The molecule has 0 aliphatic rings. The van der Waals surface area contributed by atoms with Crippen LogP contribution in [0.2, 0.25) is 5.02 Å². The second-order valence-corrected chi connectivity index (χ2v) is 3.38. The van der Waals surface area contributed by atoms with Crippen LogP contribution >= 0.6 is 11.6 Å². The van der Waals surface area contributed by atoms with Gasteiger partial charge < -0.3 is 15.2 Å². The Morgan fingerprint density at radius 3 is 2.62 bits per heavy atom. The van der Waals surface area contributed by atoms with E-state index < -0.39 is 11.9 Å². The lowest BCUT2D eigenvalue weighted by Crippen LogP contribution is -2.20. The summed E-state index contributed by atoms with van der Waals surface area (Å²) >= 11 is 5.72. The highest BCUT2D eigenvalue weighted by atomic mass is 35.5. The fourth-order valence-corrected chi connectivity index (χ4v) is 1.15. The number of amides is 1. The summed E-state index contributed by atoms with van der Waals surface area (Å²) in [7, 11) is 0. The molecule has 1 aromatic carbocycles. The summed E-state index contributed by atoms with van der Waals surface area (Å²) in [6.07, 6.45) is 0. The van der Waals surface area contributed by atoms with Crippen LogP contribution in [0.5, 0.6) is 11.5 Å². The molecule has 6 heteroatoms. The normalized spacial score (nSPS) is 9.62. The van der Waals surface area contributed by atoms with Gasteiger partial charge in [0.15, 0.2) is 18.1 Å². The number of rotatable bonds is 4. The summed E-state index contributed by atoms with van der Waals surface area (Å²) in [6.45, 7) is 0.953. The van der Waals surface area contributed by atoms with Crippen LogP contribution in [0.1, 0.15) is 6.92 Å². The first kappa shape index (κ1) is 12.3. The van der Waals surface area contributed by atoms with Gasteiger partial charge in [0, 0.05) is 18.0 Å². The van der Waals surface area contributed by atoms with Crippen molar-refractivity contribution in [2.45, 2.75) is 6.92 Å². The maximum Gasteiger partial charge on any atom is 0.308 e. The van der Waals surface area contributed by atoms with Crippen molar-refractivity contribution in [2.75, 3.05) is 6.61 Å². The third kappa shape index (κ3) is 3.78. The molecular formula is C10H10ClNO4. The highest BCUT2D eigenvalue weighted by Crippen LogP contribution is 2.30. The minimum Gasteiger partial charge on any atom is -0.480 e. The Morgan fingerprint density at radius 2 is 2.06 bits per heavy atom. The number of hydrogen-bond acceptors (Lipinski definition) is 4. The number of hydrogen-bond donors (Lipinski definition) is 1. The molecule has 0 saturated heterocycles. The molecular weight excluding hydrogens is 234 g/mol. The highest BCUT2D eigenvalue weighted by molar-refractivity contribution is 6.30. The summed E-state index contributed by atoms with van der Waals surface area (Å²) in [6, 6.07) is 4.45. The van der Waals surface area contributed by atoms with Crippen molar-refractivity contribution in [1.82, 2.24) is 0 Å². The molecule has 0 aromatic heterocycles. The summed E-state index contributed by atoms with van der Waals surface area (Å²) in [5, 5.41) is 0.391. The van der Waals surface area contributed by atoms with Gasteiger partial charge in [-0.05, 0) is 12.1 Å². The van der Waals surface area contributed by atoms with E-state index in [0.717, 1.165) is 0 Å². The van der Waals surface area contributed by atoms with Gasteiger partial charge in [-0.25, -0.2) is 0 Å². The van der Waals surface area contributed by atoms with Gasteiger partial charge in [-0.15, -0.1) is 0 Å². The van der Waals surface area contributed by atoms with E-state index in [-0.39, 0.29) is 18.1 Å². The lowest BCUT2D eigenvalue weighted by molar-refractivity contribution is -0.132. The van der Waals surface area contributed by atoms with E-state index in [9.17, 15) is 9.59 Å². The smallest absolute Gasteiger partial charge is 0.308 e. The molecule has 0 spiro atoms. The maximum absolute atomic E-state index is 10.8. The van der Waals surface area contributed by atoms with Crippen molar-refractivity contribution < 1.29 is 19.1 Å². The molecule has 0 unspecified atom stereocenters. The van der Waals surface area contributed by atoms with Crippen LogP contribution in [0.3, 0.4) is 0 Å². The zero-order chi connectivity index (χ0) is 12.1. The summed E-state index contributed by atoms with van der Waals surface area (Å²) < 4.78 is 9.90. The first-order chi connectivity index (χ1) is 7.49. The van der Waals surface area contributed by atoms with Gasteiger partial charge in [0.1, 0.15) is 0 Å². The molecule has 0 aliphatic carbocycles. The predicted octanol–water partition coefficient (Wildman–Crippen LogP) is 1.13. The van der Waals surface area contributed by atoms with E-state index in [4.69, 9.17) is 26.8 Å². The second-order valence-electron chi connectivity index (χ2n) is 2.94. The van der Waals surface area contributed by atoms with Crippen LogP contribution in [0.25, 0.3) is 0 Å². The van der Waals surface area contributed by atoms with E-state index in [1.165, 1.54) is 19.1 Å². The average Bonchev–Trinajstić information content (AvgIpc) is 2.15. The Balaban J connectivity index is 2.88. The summed E-state index contributed by atoms with van der Waals surface area (Å²) in [5.74, 6) is -0.741. The SMILES string of the molecule is CC(=O)Oc1cc(Cl)ccc1OCC(N)=O. The molecule has 1 amide bonds. The number of halogens is 1. The number of ether oxygens (including phenoxy) is 2. The molecule has 16 heavy (non-hydrogen) atoms. The lowest BCUT2D eigenvalue weighted by Gasteiger charge is -2.09. The van der Waals surface area contributed by atoms with Crippen LogP contribution < -0.4 is 15.2 Å². The molecule has 0 aliphatic heterocycles. The van der Waals surface area contributed by atoms with Crippen LogP contribution in [-0.2, 0) is 9.59 Å². The molecule has 5 nitrogen and oxygen atoms in total. The zero-order valence-corrected chi connectivity index (χ0v) is 9.28. The number of benzene rings is 1. The molecule has 2 N–H and O–H groups in total. The van der Waals surface area contributed by atoms with Gasteiger partial charge in [-0.1, -0.05) is 11.6 Å². The van der Waals surface area contributed by atoms with Gasteiger partial charge in [0.05, 0.1) is 0 Å². The average molecular weight is 244 g/mol. The summed E-state index contributed by atoms with van der Waals surface area (Å²) in [4.78, 5) is 21.3. The number of primary amides is 1. The van der Waals surface area contributed by atoms with E-state index >= 15 is 0 Å². The van der Waals surface area contributed by atoms with E-state index in [1.807, 2.05) is 0 Å². The monoisotopic (exact) mass is 243 g/mol. The standard InChI is InChI=1S/C10H10ClNO4/c1-6(13)16-9-4-7(11)2-3-8(9)15-5-10(12)14/h2-4H,5H2,1H3,(H2,12,14). The van der Waals surface area contributed by atoms with Crippen molar-refractivity contribution >= 4 is 23.5 Å². The first-order valence-electron chi connectivity index (χ1n) is 4.38. The van der Waals surface area contributed by atoms with Crippen LogP contribution in [0, 0.1) is 0 Å². The Bertz CT molecular complexity index is 419. The Morgan fingerprint density at radius 1 is 1.38 bits per heavy atom. The molecule has 0 saturated carbocycles. The highest BCUT2D eigenvalue weighted by Gasteiger charge is 2.09. The third-order valence-electron chi connectivity index (χ3n) is 1.53. The van der Waals surface area contributed by atoms with Gasteiger partial charge >= 0.3 is 5.97 Å². The maximum atomic E-state index is 10.8. The van der Waals surface area contributed by atoms with Crippen molar-refractivity contribution in [3.05, 3.63) is 23.2 Å². The van der Waals surface area contributed by atoms with Gasteiger partial charge in [-0.2, -0.15) is 0 Å². The third-order valence-corrected chi connectivity index (χ3v) is 1.76. The Kier molecular flexibility index (Phi) is 4.13. The second kappa shape index (κ2) is 5.37. The lowest BCUT2D eigenvalue weighted by atomic mass is 10.3. The van der Waals surface area contributed by atoms with E-state index in [1.54, 1.807) is 6.07 Å². The number of carbonyl (C=O) groups is 2. The van der Waals surface area contributed by atoms with Gasteiger partial charge in [0.25, 0.3) is 5.91 Å². The number of esters is 1. The molecule has 0 atom stereocenters. The largest absolute Gasteiger partial charge is 0.480 e. The van der Waals surface area contributed by atoms with Crippen molar-refractivity contribution in [2.24, 2.45) is 5.73 Å². The topological polar surface area (TPSA) is 78.6 Å². The fourth-order valence-electron chi connectivity index (χ4n) is 0.985. The minimum absolute atomic E-state index is 0.154. The van der Waals surface area contributed by atoms with Crippen LogP contribution in [0.15, 0.2) is 18.2 Å². The van der Waals surface area contributed by atoms with Crippen LogP contribution in [0.4, 0.5) is 0 Å². The quantitative estimate of drug-likeness (QED) is 0.635. The van der Waals surface area contributed by atoms with E-state index in [2.05, 4.69) is 0 Å². The van der Waals surface area contributed by atoms with Crippen molar-refractivity contribution in [1.29, 1.82) is 0 Å². The molecule has 1 rings (SSSR count). The molecule has 0 radical (unpaired) electrons. The Labute approximate surface area is 97.1 Å². The molecule has 1 aromatic rings. The van der Waals surface area contributed by atoms with Crippen molar-refractivity contribution in [3.8, 4) is 11.5 Å². The first-order valence-corrected chi connectivity index (χ1v) is 4.76. The Hall–Kier alpha value is -1.75.